The Morgan fingerprint density at radius 3 is 2.47 bits per heavy atom. The van der Waals surface area contributed by atoms with Crippen LogP contribution in [0.15, 0.2) is 77.3 Å². The normalized spacial score (nSPS) is 12.2. The lowest BCUT2D eigenvalue weighted by Crippen LogP contribution is -2.26. The van der Waals surface area contributed by atoms with Crippen molar-refractivity contribution >= 4 is 23.2 Å². The molecular formula is C25H19ClN2O2. The van der Waals surface area contributed by atoms with Gasteiger partial charge in [-0.15, -0.1) is 0 Å². The fourth-order valence-corrected chi connectivity index (χ4v) is 4.07. The first kappa shape index (κ1) is 18.6. The van der Waals surface area contributed by atoms with Gasteiger partial charge in [0, 0.05) is 40.0 Å². The molecule has 0 spiro atoms. The topological polar surface area (TPSA) is 46.3 Å². The van der Waals surface area contributed by atoms with E-state index in [1.165, 1.54) is 5.56 Å². The van der Waals surface area contributed by atoms with E-state index < -0.39 is 0 Å². The number of hydrogen-bond acceptors (Lipinski definition) is 3. The number of anilines is 1. The van der Waals surface area contributed by atoms with E-state index in [4.69, 9.17) is 16.1 Å². The van der Waals surface area contributed by atoms with E-state index in [0.717, 1.165) is 46.7 Å². The summed E-state index contributed by atoms with van der Waals surface area (Å²) in [5.41, 5.74) is 6.89. The van der Waals surface area contributed by atoms with Crippen LogP contribution in [0.5, 0.6) is 0 Å². The fraction of sp³-hybridized carbons (Fsp3) is 0.120. The molecule has 4 nitrogen and oxygen atoms in total. The number of aryl methyl sites for hydroxylation is 1. The Labute approximate surface area is 179 Å². The number of hydrogen-bond donors (Lipinski definition) is 0. The van der Waals surface area contributed by atoms with Crippen LogP contribution in [0.3, 0.4) is 0 Å². The van der Waals surface area contributed by atoms with Crippen LogP contribution >= 0.6 is 11.6 Å². The van der Waals surface area contributed by atoms with E-state index in [1.807, 2.05) is 30.3 Å². The first-order valence-electron chi connectivity index (χ1n) is 9.83. The second-order valence-electron chi connectivity index (χ2n) is 7.41. The summed E-state index contributed by atoms with van der Waals surface area (Å²) >= 11 is 5.92. The maximum atomic E-state index is 12.7. The molecule has 0 radical (unpaired) electrons. The molecule has 0 fully saturated rings. The van der Waals surface area contributed by atoms with Gasteiger partial charge in [0.2, 0.25) is 0 Å². The smallest absolute Gasteiger partial charge is 0.258 e. The second-order valence-corrected chi connectivity index (χ2v) is 7.85. The highest BCUT2D eigenvalue weighted by Crippen LogP contribution is 2.38. The van der Waals surface area contributed by atoms with Crippen molar-refractivity contribution < 1.29 is 9.32 Å². The van der Waals surface area contributed by atoms with Crippen molar-refractivity contribution in [2.24, 2.45) is 0 Å². The summed E-state index contributed by atoms with van der Waals surface area (Å²) in [6, 6.07) is 23.0. The maximum absolute atomic E-state index is 12.7. The molecule has 1 amide bonds. The van der Waals surface area contributed by atoms with Gasteiger partial charge in [0.25, 0.3) is 5.91 Å². The van der Waals surface area contributed by atoms with Crippen LogP contribution in [-0.2, 0) is 12.8 Å². The summed E-state index contributed by atoms with van der Waals surface area (Å²) in [4.78, 5) is 14.4. The quantitative estimate of drug-likeness (QED) is 0.410. The average molecular weight is 415 g/mol. The maximum Gasteiger partial charge on any atom is 0.258 e. The molecule has 5 rings (SSSR count). The summed E-state index contributed by atoms with van der Waals surface area (Å²) < 4.78 is 5.75. The number of nitrogens with zero attached hydrogens (tertiary/aromatic N) is 2. The molecule has 0 N–H and O–H groups in total. The van der Waals surface area contributed by atoms with E-state index in [1.54, 1.807) is 36.2 Å². The highest BCUT2D eigenvalue weighted by Gasteiger charge is 2.24. The van der Waals surface area contributed by atoms with Gasteiger partial charge >= 0.3 is 0 Å². The van der Waals surface area contributed by atoms with Crippen LogP contribution in [0.4, 0.5) is 5.69 Å². The SMILES string of the molecule is CN(C(=O)c1ccc(Cl)cc1)c1ccc(-c2onc3c2CCc2ccccc2-3)cc1. The predicted molar refractivity (Wildman–Crippen MR) is 119 cm³/mol. The van der Waals surface area contributed by atoms with Crippen molar-refractivity contribution in [2.75, 3.05) is 11.9 Å². The van der Waals surface area contributed by atoms with Gasteiger partial charge in [0.15, 0.2) is 5.76 Å². The van der Waals surface area contributed by atoms with Crippen LogP contribution in [0.2, 0.25) is 5.02 Å². The number of carbonyl (C=O) groups excluding carboxylic acids is 1. The number of fused-ring (bicyclic) bond motifs is 3. The van der Waals surface area contributed by atoms with Crippen molar-refractivity contribution in [3.63, 3.8) is 0 Å². The van der Waals surface area contributed by atoms with Crippen LogP contribution in [0, 0.1) is 0 Å². The molecule has 3 aromatic carbocycles. The van der Waals surface area contributed by atoms with Crippen LogP contribution in [0.25, 0.3) is 22.6 Å². The molecule has 0 unspecified atom stereocenters. The van der Waals surface area contributed by atoms with Crippen molar-refractivity contribution in [3.05, 3.63) is 94.5 Å². The molecule has 0 aliphatic heterocycles. The minimum atomic E-state index is -0.0898. The van der Waals surface area contributed by atoms with Gasteiger partial charge in [0.1, 0.15) is 5.69 Å². The van der Waals surface area contributed by atoms with Crippen LogP contribution in [0.1, 0.15) is 21.5 Å². The van der Waals surface area contributed by atoms with Gasteiger partial charge in [-0.1, -0.05) is 41.0 Å². The minimum Gasteiger partial charge on any atom is -0.355 e. The molecular weight excluding hydrogens is 396 g/mol. The first-order chi connectivity index (χ1) is 14.6. The zero-order chi connectivity index (χ0) is 20.7. The van der Waals surface area contributed by atoms with Crippen molar-refractivity contribution in [2.45, 2.75) is 12.8 Å². The molecule has 1 heterocycles. The largest absolute Gasteiger partial charge is 0.355 e. The van der Waals surface area contributed by atoms with E-state index in [2.05, 4.69) is 23.4 Å². The summed E-state index contributed by atoms with van der Waals surface area (Å²) in [5, 5.41) is 4.96. The van der Waals surface area contributed by atoms with Crippen LogP contribution < -0.4 is 4.90 Å². The zero-order valence-electron chi connectivity index (χ0n) is 16.4. The summed E-state index contributed by atoms with van der Waals surface area (Å²) in [6.45, 7) is 0. The first-order valence-corrected chi connectivity index (χ1v) is 10.2. The Hall–Kier alpha value is -3.37. The Morgan fingerprint density at radius 1 is 0.967 bits per heavy atom. The van der Waals surface area contributed by atoms with Gasteiger partial charge in [0.05, 0.1) is 0 Å². The van der Waals surface area contributed by atoms with Crippen molar-refractivity contribution in [1.82, 2.24) is 5.16 Å². The van der Waals surface area contributed by atoms with Crippen LogP contribution in [-0.4, -0.2) is 18.1 Å². The van der Waals surface area contributed by atoms with Gasteiger partial charge in [-0.2, -0.15) is 0 Å². The molecule has 1 aromatic heterocycles. The highest BCUT2D eigenvalue weighted by molar-refractivity contribution is 6.30. The molecule has 0 saturated carbocycles. The molecule has 30 heavy (non-hydrogen) atoms. The van der Waals surface area contributed by atoms with E-state index in [9.17, 15) is 4.79 Å². The number of amides is 1. The fourth-order valence-electron chi connectivity index (χ4n) is 3.95. The minimum absolute atomic E-state index is 0.0898. The third-order valence-electron chi connectivity index (χ3n) is 5.62. The summed E-state index contributed by atoms with van der Waals surface area (Å²) in [7, 11) is 1.76. The molecule has 4 aromatic rings. The van der Waals surface area contributed by atoms with Gasteiger partial charge in [-0.3, -0.25) is 4.79 Å². The van der Waals surface area contributed by atoms with Gasteiger partial charge in [-0.25, -0.2) is 0 Å². The Bertz CT molecular complexity index is 1230. The lowest BCUT2D eigenvalue weighted by Gasteiger charge is -2.18. The third kappa shape index (κ3) is 3.19. The molecule has 5 heteroatoms. The molecule has 0 saturated heterocycles. The average Bonchev–Trinajstić information content (AvgIpc) is 3.23. The molecule has 148 valence electrons. The van der Waals surface area contributed by atoms with E-state index in [-0.39, 0.29) is 5.91 Å². The lowest BCUT2D eigenvalue weighted by atomic mass is 9.88. The number of rotatable bonds is 3. The van der Waals surface area contributed by atoms with E-state index in [0.29, 0.717) is 10.6 Å². The van der Waals surface area contributed by atoms with Gasteiger partial charge in [-0.05, 0) is 66.9 Å². The number of benzene rings is 3. The Morgan fingerprint density at radius 2 is 1.70 bits per heavy atom. The summed E-state index contributed by atoms with van der Waals surface area (Å²) in [6.07, 6.45) is 1.88. The van der Waals surface area contributed by atoms with Crippen molar-refractivity contribution in [3.8, 4) is 22.6 Å². The van der Waals surface area contributed by atoms with Gasteiger partial charge < -0.3 is 9.42 Å². The Kier molecular flexibility index (Phi) is 4.64. The summed E-state index contributed by atoms with van der Waals surface area (Å²) in [5.74, 6) is 0.714. The van der Waals surface area contributed by atoms with E-state index >= 15 is 0 Å². The highest BCUT2D eigenvalue weighted by atomic mass is 35.5. The number of aromatic nitrogens is 1. The predicted octanol–water partition coefficient (Wildman–Crippen LogP) is 6.04. The molecule has 1 aliphatic carbocycles. The number of halogens is 1. The Balaban J connectivity index is 1.42. The monoisotopic (exact) mass is 414 g/mol. The second kappa shape index (κ2) is 7.47. The molecule has 0 atom stereocenters. The molecule has 1 aliphatic rings. The zero-order valence-corrected chi connectivity index (χ0v) is 17.2. The lowest BCUT2D eigenvalue weighted by molar-refractivity contribution is 0.0993. The molecule has 0 bridgehead atoms. The van der Waals surface area contributed by atoms with Crippen molar-refractivity contribution in [1.29, 1.82) is 0 Å². The standard InChI is InChI=1S/C25H19ClN2O2/c1-28(25(29)18-6-11-19(26)12-7-18)20-13-8-17(9-14-20)24-22-15-10-16-4-2-3-5-21(16)23(22)27-30-24/h2-9,11-14H,10,15H2,1H3. The number of carbonyl (C=O) groups is 1. The third-order valence-corrected chi connectivity index (χ3v) is 5.87.